The molecule has 6 nitrogen and oxygen atoms in total. The highest BCUT2D eigenvalue weighted by Crippen LogP contribution is 2.12. The molecule has 2 aromatic heterocycles. The molecule has 3 aromatic rings. The number of fused-ring (bicyclic) bond motifs is 1. The van der Waals surface area contributed by atoms with Crippen molar-refractivity contribution in [1.29, 1.82) is 0 Å². The molecule has 0 radical (unpaired) electrons. The van der Waals surface area contributed by atoms with Gasteiger partial charge in [0.05, 0.1) is 19.3 Å². The van der Waals surface area contributed by atoms with E-state index in [9.17, 15) is 0 Å². The summed E-state index contributed by atoms with van der Waals surface area (Å²) in [4.78, 5) is 9.37. The maximum absolute atomic E-state index is 5.19. The smallest absolute Gasteiger partial charge is 0.191 e. The topological polar surface area (TPSA) is 63.0 Å². The minimum absolute atomic E-state index is 0.618. The average Bonchev–Trinajstić information content (AvgIpc) is 3.11. The largest absolute Gasteiger partial charge is 0.497 e. The third kappa shape index (κ3) is 5.00. The number of aromatic nitrogens is 2. The summed E-state index contributed by atoms with van der Waals surface area (Å²) in [7, 11) is 1.67. The van der Waals surface area contributed by atoms with Gasteiger partial charge in [0.15, 0.2) is 5.96 Å². The third-order valence-corrected chi connectivity index (χ3v) is 4.32. The Hall–Kier alpha value is -3.02. The molecule has 1 aromatic carbocycles. The van der Waals surface area contributed by atoms with Gasteiger partial charge in [-0.2, -0.15) is 0 Å². The fourth-order valence-electron chi connectivity index (χ4n) is 2.88. The lowest BCUT2D eigenvalue weighted by molar-refractivity contribution is 0.414. The molecule has 0 saturated carbocycles. The van der Waals surface area contributed by atoms with Crippen molar-refractivity contribution in [1.82, 2.24) is 20.0 Å². The molecule has 2 heterocycles. The van der Waals surface area contributed by atoms with Gasteiger partial charge in [-0.25, -0.2) is 9.98 Å². The van der Waals surface area contributed by atoms with Gasteiger partial charge in [0.2, 0.25) is 0 Å². The molecule has 27 heavy (non-hydrogen) atoms. The van der Waals surface area contributed by atoms with E-state index >= 15 is 0 Å². The zero-order valence-electron chi connectivity index (χ0n) is 16.2. The highest BCUT2D eigenvalue weighted by atomic mass is 16.5. The molecule has 0 bridgehead atoms. The Kier molecular flexibility index (Phi) is 6.30. The Balaban J connectivity index is 1.57. The number of benzene rings is 1. The Morgan fingerprint density at radius 3 is 2.70 bits per heavy atom. The van der Waals surface area contributed by atoms with Crippen LogP contribution in [0.1, 0.15) is 23.7 Å². The fraction of sp³-hybridized carbons (Fsp3) is 0.333. The van der Waals surface area contributed by atoms with Crippen LogP contribution in [0.3, 0.4) is 0 Å². The van der Waals surface area contributed by atoms with Crippen LogP contribution >= 0.6 is 0 Å². The lowest BCUT2D eigenvalue weighted by atomic mass is 10.2. The van der Waals surface area contributed by atoms with Crippen molar-refractivity contribution in [2.75, 3.05) is 20.2 Å². The van der Waals surface area contributed by atoms with E-state index in [1.807, 2.05) is 36.5 Å². The molecule has 0 aliphatic carbocycles. The average molecular weight is 365 g/mol. The second kappa shape index (κ2) is 9.07. The van der Waals surface area contributed by atoms with E-state index in [0.717, 1.165) is 48.1 Å². The van der Waals surface area contributed by atoms with Crippen LogP contribution in [0.2, 0.25) is 0 Å². The Labute approximate surface area is 160 Å². The van der Waals surface area contributed by atoms with Gasteiger partial charge in [0.25, 0.3) is 0 Å². The number of nitrogens with zero attached hydrogens (tertiary/aromatic N) is 3. The first-order valence-corrected chi connectivity index (χ1v) is 9.28. The van der Waals surface area contributed by atoms with Crippen molar-refractivity contribution in [2.45, 2.75) is 26.8 Å². The lowest BCUT2D eigenvalue weighted by Crippen LogP contribution is -2.38. The molecular weight excluding hydrogens is 338 g/mol. The van der Waals surface area contributed by atoms with Crippen LogP contribution in [-0.2, 0) is 13.0 Å². The summed E-state index contributed by atoms with van der Waals surface area (Å²) in [6, 6.07) is 12.1. The summed E-state index contributed by atoms with van der Waals surface area (Å²) < 4.78 is 7.27. The number of methoxy groups -OCH3 is 1. The predicted molar refractivity (Wildman–Crippen MR) is 109 cm³/mol. The maximum atomic E-state index is 5.19. The van der Waals surface area contributed by atoms with E-state index in [4.69, 9.17) is 9.72 Å². The van der Waals surface area contributed by atoms with Gasteiger partial charge >= 0.3 is 0 Å². The monoisotopic (exact) mass is 365 g/mol. The number of hydrogen-bond donors (Lipinski definition) is 2. The molecule has 6 heteroatoms. The molecule has 0 fully saturated rings. The van der Waals surface area contributed by atoms with E-state index in [-0.39, 0.29) is 0 Å². The van der Waals surface area contributed by atoms with Crippen molar-refractivity contribution < 1.29 is 4.74 Å². The molecule has 0 saturated heterocycles. The molecule has 0 aliphatic heterocycles. The van der Waals surface area contributed by atoms with Crippen LogP contribution in [0.5, 0.6) is 5.75 Å². The van der Waals surface area contributed by atoms with Crippen LogP contribution in [0.25, 0.3) is 5.65 Å². The van der Waals surface area contributed by atoms with Gasteiger partial charge in [0, 0.05) is 31.9 Å². The summed E-state index contributed by atoms with van der Waals surface area (Å²) in [6.45, 7) is 6.36. The molecule has 0 aliphatic rings. The number of aliphatic imine (C=N–C) groups is 1. The van der Waals surface area contributed by atoms with E-state index in [1.165, 1.54) is 5.56 Å². The Bertz CT molecular complexity index is 899. The van der Waals surface area contributed by atoms with E-state index < -0.39 is 0 Å². The van der Waals surface area contributed by atoms with Crippen LogP contribution in [0.4, 0.5) is 0 Å². The minimum Gasteiger partial charge on any atom is -0.497 e. The van der Waals surface area contributed by atoms with Gasteiger partial charge in [-0.15, -0.1) is 0 Å². The SMILES string of the molecule is CCNC(=NCc1ccc(OC)cc1)NCCc1cn2cccc(C)c2n1. The number of rotatable bonds is 7. The lowest BCUT2D eigenvalue weighted by Gasteiger charge is -2.10. The van der Waals surface area contributed by atoms with Crippen molar-refractivity contribution in [2.24, 2.45) is 4.99 Å². The number of nitrogens with one attached hydrogen (secondary N) is 2. The second-order valence-corrected chi connectivity index (χ2v) is 6.37. The first kappa shape index (κ1) is 18.8. The number of imidazole rings is 1. The number of guanidine groups is 1. The standard InChI is InChI=1S/C21H27N5O/c1-4-22-21(24-14-17-7-9-19(27-3)10-8-17)23-12-11-18-15-26-13-5-6-16(2)20(26)25-18/h5-10,13,15H,4,11-12,14H2,1-3H3,(H2,22,23,24). The normalized spacial score (nSPS) is 11.6. The van der Waals surface area contributed by atoms with Crippen molar-refractivity contribution in [3.8, 4) is 5.75 Å². The highest BCUT2D eigenvalue weighted by Gasteiger charge is 2.04. The fourth-order valence-corrected chi connectivity index (χ4v) is 2.88. The molecule has 0 amide bonds. The summed E-state index contributed by atoms with van der Waals surface area (Å²) in [5.41, 5.74) is 4.42. The van der Waals surface area contributed by atoms with Crippen LogP contribution in [-0.4, -0.2) is 35.5 Å². The van der Waals surface area contributed by atoms with Crippen molar-refractivity contribution >= 4 is 11.6 Å². The van der Waals surface area contributed by atoms with Gasteiger partial charge < -0.3 is 19.8 Å². The highest BCUT2D eigenvalue weighted by molar-refractivity contribution is 5.79. The third-order valence-electron chi connectivity index (χ3n) is 4.32. The van der Waals surface area contributed by atoms with Gasteiger partial charge in [-0.05, 0) is 43.2 Å². The van der Waals surface area contributed by atoms with E-state index in [2.05, 4.69) is 46.1 Å². The molecular formula is C21H27N5O. The van der Waals surface area contributed by atoms with Gasteiger partial charge in [-0.1, -0.05) is 18.2 Å². The molecule has 0 unspecified atom stereocenters. The zero-order valence-corrected chi connectivity index (χ0v) is 16.2. The molecule has 3 rings (SSSR count). The number of hydrogen-bond acceptors (Lipinski definition) is 3. The Morgan fingerprint density at radius 1 is 1.19 bits per heavy atom. The Morgan fingerprint density at radius 2 is 2.00 bits per heavy atom. The van der Waals surface area contributed by atoms with Crippen LogP contribution in [0, 0.1) is 6.92 Å². The molecule has 0 spiro atoms. The summed E-state index contributed by atoms with van der Waals surface area (Å²) in [5, 5.41) is 6.67. The van der Waals surface area contributed by atoms with Gasteiger partial charge in [-0.3, -0.25) is 0 Å². The summed E-state index contributed by atoms with van der Waals surface area (Å²) in [6.07, 6.45) is 4.96. The van der Waals surface area contributed by atoms with Crippen LogP contribution in [0.15, 0.2) is 53.8 Å². The quantitative estimate of drug-likeness (QED) is 0.499. The first-order valence-electron chi connectivity index (χ1n) is 9.28. The van der Waals surface area contributed by atoms with E-state index in [1.54, 1.807) is 7.11 Å². The predicted octanol–water partition coefficient (Wildman–Crippen LogP) is 2.95. The van der Waals surface area contributed by atoms with E-state index in [0.29, 0.717) is 6.54 Å². The number of aryl methyl sites for hydroxylation is 1. The first-order chi connectivity index (χ1) is 13.2. The molecule has 0 atom stereocenters. The van der Waals surface area contributed by atoms with Crippen LogP contribution < -0.4 is 15.4 Å². The minimum atomic E-state index is 0.618. The number of pyridine rings is 1. The number of ether oxygens (including phenoxy) is 1. The van der Waals surface area contributed by atoms with Gasteiger partial charge in [0.1, 0.15) is 11.4 Å². The van der Waals surface area contributed by atoms with Crippen molar-refractivity contribution in [3.05, 3.63) is 65.6 Å². The summed E-state index contributed by atoms with van der Waals surface area (Å²) >= 11 is 0. The summed E-state index contributed by atoms with van der Waals surface area (Å²) in [5.74, 6) is 1.67. The zero-order chi connectivity index (χ0) is 19.1. The second-order valence-electron chi connectivity index (χ2n) is 6.37. The molecule has 2 N–H and O–H groups in total. The maximum Gasteiger partial charge on any atom is 0.191 e. The van der Waals surface area contributed by atoms with Crippen molar-refractivity contribution in [3.63, 3.8) is 0 Å². The molecule has 142 valence electrons.